The summed E-state index contributed by atoms with van der Waals surface area (Å²) < 4.78 is 26.4. The maximum Gasteiger partial charge on any atom is 0.313 e. The normalized spacial score (nSPS) is 21.2. The molecule has 0 heterocycles. The molecule has 0 radical (unpaired) electrons. The number of amides is 2. The van der Waals surface area contributed by atoms with Gasteiger partial charge in [-0.05, 0) is 25.0 Å². The van der Waals surface area contributed by atoms with E-state index in [0.717, 1.165) is 31.4 Å². The lowest BCUT2D eigenvalue weighted by Gasteiger charge is -2.27. The van der Waals surface area contributed by atoms with Gasteiger partial charge in [0.2, 0.25) is 0 Å². The molecule has 1 aromatic carbocycles. The van der Waals surface area contributed by atoms with Gasteiger partial charge >= 0.3 is 11.8 Å². The summed E-state index contributed by atoms with van der Waals surface area (Å²) in [6, 6.07) is 3.30. The summed E-state index contributed by atoms with van der Waals surface area (Å²) in [5.74, 6) is -4.43. The third-order valence-electron chi connectivity index (χ3n) is 3.80. The second-order valence-electron chi connectivity index (χ2n) is 5.38. The zero-order valence-corrected chi connectivity index (χ0v) is 11.9. The summed E-state index contributed by atoms with van der Waals surface area (Å²) in [5.41, 5.74) is -0.391. The second kappa shape index (κ2) is 7.31. The van der Waals surface area contributed by atoms with Crippen molar-refractivity contribution in [3.8, 4) is 0 Å². The molecular weight excluding hydrogens is 294 g/mol. The molecule has 22 heavy (non-hydrogen) atoms. The van der Waals surface area contributed by atoms with E-state index in [1.807, 2.05) is 5.32 Å². The van der Waals surface area contributed by atoms with Crippen LogP contribution < -0.4 is 10.6 Å². The van der Waals surface area contributed by atoms with Crippen LogP contribution in [0.5, 0.6) is 0 Å². The summed E-state index contributed by atoms with van der Waals surface area (Å²) in [4.78, 5) is 23.3. The molecule has 7 heteroatoms. The maximum atomic E-state index is 13.4. The molecule has 3 N–H and O–H groups in total. The second-order valence-corrected chi connectivity index (χ2v) is 5.38. The van der Waals surface area contributed by atoms with Gasteiger partial charge in [0.15, 0.2) is 11.6 Å². The molecular formula is C15H18F2N2O3. The lowest BCUT2D eigenvalue weighted by Crippen LogP contribution is -2.41. The van der Waals surface area contributed by atoms with Crippen molar-refractivity contribution in [3.63, 3.8) is 0 Å². The van der Waals surface area contributed by atoms with Crippen molar-refractivity contribution >= 4 is 17.5 Å². The number of nitrogens with one attached hydrogen (secondary N) is 2. The molecule has 5 nitrogen and oxygen atoms in total. The minimum atomic E-state index is -1.22. The number of rotatable bonds is 3. The summed E-state index contributed by atoms with van der Waals surface area (Å²) in [6.45, 7) is 0.180. The predicted molar refractivity (Wildman–Crippen MR) is 76.0 cm³/mol. The molecule has 0 spiro atoms. The first kappa shape index (κ1) is 16.4. The highest BCUT2D eigenvalue weighted by Gasteiger charge is 2.24. The van der Waals surface area contributed by atoms with E-state index in [-0.39, 0.29) is 12.5 Å². The van der Waals surface area contributed by atoms with Gasteiger partial charge in [0.1, 0.15) is 0 Å². The molecule has 1 aromatic rings. The standard InChI is InChI=1S/C15H18F2N2O3/c16-10-5-3-6-11(13(10)17)19-15(22)14(21)18-8-9-4-1-2-7-12(9)20/h3,5-6,9,12,20H,1-2,4,7-8H2,(H,18,21)(H,19,22)/t9-,12-/m1/s1. The maximum absolute atomic E-state index is 13.4. The lowest BCUT2D eigenvalue weighted by molar-refractivity contribution is -0.136. The number of carbonyl (C=O) groups excluding carboxylic acids is 2. The molecule has 120 valence electrons. The van der Waals surface area contributed by atoms with Crippen LogP contribution in [-0.4, -0.2) is 29.6 Å². The van der Waals surface area contributed by atoms with Crippen LogP contribution >= 0.6 is 0 Å². The van der Waals surface area contributed by atoms with E-state index in [2.05, 4.69) is 5.32 Å². The third-order valence-corrected chi connectivity index (χ3v) is 3.80. The minimum Gasteiger partial charge on any atom is -0.393 e. The predicted octanol–water partition coefficient (Wildman–Crippen LogP) is 1.57. The van der Waals surface area contributed by atoms with E-state index in [4.69, 9.17) is 0 Å². The molecule has 2 rings (SSSR count). The lowest BCUT2D eigenvalue weighted by atomic mass is 9.86. The van der Waals surface area contributed by atoms with Crippen molar-refractivity contribution in [1.29, 1.82) is 0 Å². The Hall–Kier alpha value is -2.02. The Labute approximate surface area is 126 Å². The van der Waals surface area contributed by atoms with Gasteiger partial charge in [0.05, 0.1) is 11.8 Å². The van der Waals surface area contributed by atoms with Crippen molar-refractivity contribution in [2.45, 2.75) is 31.8 Å². The van der Waals surface area contributed by atoms with Crippen molar-refractivity contribution in [3.05, 3.63) is 29.8 Å². The van der Waals surface area contributed by atoms with E-state index >= 15 is 0 Å². The van der Waals surface area contributed by atoms with Crippen LogP contribution in [0.4, 0.5) is 14.5 Å². The average molecular weight is 312 g/mol. The van der Waals surface area contributed by atoms with Crippen LogP contribution in [0.15, 0.2) is 18.2 Å². The number of aliphatic hydroxyl groups is 1. The smallest absolute Gasteiger partial charge is 0.313 e. The molecule has 1 saturated carbocycles. The van der Waals surface area contributed by atoms with Crippen LogP contribution in [-0.2, 0) is 9.59 Å². The van der Waals surface area contributed by atoms with Gasteiger partial charge in [-0.15, -0.1) is 0 Å². The van der Waals surface area contributed by atoms with Gasteiger partial charge in [-0.1, -0.05) is 18.9 Å². The van der Waals surface area contributed by atoms with Gasteiger partial charge < -0.3 is 15.7 Å². The number of benzene rings is 1. The van der Waals surface area contributed by atoms with Crippen LogP contribution in [0.2, 0.25) is 0 Å². The number of halogens is 2. The summed E-state index contributed by atoms with van der Waals surface area (Å²) >= 11 is 0. The Balaban J connectivity index is 1.87. The summed E-state index contributed by atoms with van der Waals surface area (Å²) in [6.07, 6.45) is 2.89. The fourth-order valence-electron chi connectivity index (χ4n) is 2.51. The molecule has 0 aliphatic heterocycles. The monoisotopic (exact) mass is 312 g/mol. The Morgan fingerprint density at radius 2 is 1.91 bits per heavy atom. The first-order valence-electron chi connectivity index (χ1n) is 7.20. The number of anilines is 1. The molecule has 1 aliphatic carbocycles. The molecule has 1 fully saturated rings. The number of hydrogen-bond donors (Lipinski definition) is 3. The Morgan fingerprint density at radius 1 is 1.18 bits per heavy atom. The molecule has 2 atom stereocenters. The Bertz CT molecular complexity index is 566. The fourth-order valence-corrected chi connectivity index (χ4v) is 2.51. The van der Waals surface area contributed by atoms with Crippen LogP contribution in [0.1, 0.15) is 25.7 Å². The summed E-state index contributed by atoms with van der Waals surface area (Å²) in [5, 5.41) is 14.2. The number of aliphatic hydroxyl groups excluding tert-OH is 1. The molecule has 0 aromatic heterocycles. The molecule has 1 aliphatic rings. The zero-order chi connectivity index (χ0) is 16.1. The van der Waals surface area contributed by atoms with E-state index in [1.54, 1.807) is 0 Å². The van der Waals surface area contributed by atoms with Gasteiger partial charge in [-0.2, -0.15) is 0 Å². The van der Waals surface area contributed by atoms with Crippen molar-refractivity contribution in [2.75, 3.05) is 11.9 Å². The van der Waals surface area contributed by atoms with E-state index in [9.17, 15) is 23.5 Å². The molecule has 2 amide bonds. The largest absolute Gasteiger partial charge is 0.393 e. The summed E-state index contributed by atoms with van der Waals surface area (Å²) in [7, 11) is 0. The van der Waals surface area contributed by atoms with E-state index in [1.165, 1.54) is 6.07 Å². The third kappa shape index (κ3) is 4.00. The molecule has 0 saturated heterocycles. The van der Waals surface area contributed by atoms with Gasteiger partial charge in [0.25, 0.3) is 0 Å². The Kier molecular flexibility index (Phi) is 5.43. The molecule has 0 bridgehead atoms. The van der Waals surface area contributed by atoms with Crippen LogP contribution in [0.25, 0.3) is 0 Å². The molecule has 0 unspecified atom stereocenters. The topological polar surface area (TPSA) is 78.4 Å². The quantitative estimate of drug-likeness (QED) is 0.741. The van der Waals surface area contributed by atoms with Gasteiger partial charge in [0, 0.05) is 12.5 Å². The van der Waals surface area contributed by atoms with E-state index in [0.29, 0.717) is 6.42 Å². The van der Waals surface area contributed by atoms with Crippen LogP contribution in [0, 0.1) is 17.6 Å². The minimum absolute atomic E-state index is 0.0867. The Morgan fingerprint density at radius 3 is 2.64 bits per heavy atom. The van der Waals surface area contributed by atoms with Crippen molar-refractivity contribution in [1.82, 2.24) is 5.32 Å². The average Bonchev–Trinajstić information content (AvgIpc) is 2.50. The highest BCUT2D eigenvalue weighted by molar-refractivity contribution is 6.39. The highest BCUT2D eigenvalue weighted by atomic mass is 19.2. The van der Waals surface area contributed by atoms with Crippen LogP contribution in [0.3, 0.4) is 0 Å². The van der Waals surface area contributed by atoms with Crippen molar-refractivity contribution in [2.24, 2.45) is 5.92 Å². The van der Waals surface area contributed by atoms with Crippen molar-refractivity contribution < 1.29 is 23.5 Å². The number of hydrogen-bond acceptors (Lipinski definition) is 3. The first-order chi connectivity index (χ1) is 10.5. The van der Waals surface area contributed by atoms with Gasteiger partial charge in [-0.3, -0.25) is 9.59 Å². The SMILES string of the molecule is O=C(NC[C@H]1CCCC[C@H]1O)C(=O)Nc1cccc(F)c1F. The first-order valence-corrected chi connectivity index (χ1v) is 7.20. The number of carbonyl (C=O) groups is 2. The highest BCUT2D eigenvalue weighted by Crippen LogP contribution is 2.23. The van der Waals surface area contributed by atoms with Gasteiger partial charge in [-0.25, -0.2) is 8.78 Å². The zero-order valence-electron chi connectivity index (χ0n) is 11.9. The van der Waals surface area contributed by atoms with E-state index < -0.39 is 35.2 Å². The fraction of sp³-hybridized carbons (Fsp3) is 0.467.